The summed E-state index contributed by atoms with van der Waals surface area (Å²) in [4.78, 5) is 10.9. The largest absolute Gasteiger partial charge is 0.490 e. The van der Waals surface area contributed by atoms with E-state index in [4.69, 9.17) is 21.4 Å². The highest BCUT2D eigenvalue weighted by Gasteiger charge is 2.52. The van der Waals surface area contributed by atoms with Gasteiger partial charge in [0.1, 0.15) is 5.56 Å². The smallest absolute Gasteiger partial charge is 0.338 e. The van der Waals surface area contributed by atoms with Crippen LogP contribution < -0.4 is 4.74 Å². The van der Waals surface area contributed by atoms with Crippen LogP contribution >= 0.6 is 11.6 Å². The van der Waals surface area contributed by atoms with Crippen molar-refractivity contribution in [2.45, 2.75) is 19.3 Å². The van der Waals surface area contributed by atoms with Crippen molar-refractivity contribution >= 4 is 17.6 Å². The number of halogens is 2. The second-order valence-corrected chi connectivity index (χ2v) is 5.74. The average molecular weight is 285 g/mol. The van der Waals surface area contributed by atoms with Crippen molar-refractivity contribution in [3.05, 3.63) is 28.5 Å². The van der Waals surface area contributed by atoms with E-state index in [9.17, 15) is 9.18 Å². The van der Waals surface area contributed by atoms with Crippen molar-refractivity contribution in [2.24, 2.45) is 17.8 Å². The first-order valence-electron chi connectivity index (χ1n) is 6.43. The number of carboxylic acid groups (broad SMARTS) is 1. The van der Waals surface area contributed by atoms with Crippen molar-refractivity contribution in [2.75, 3.05) is 6.61 Å². The van der Waals surface area contributed by atoms with Gasteiger partial charge >= 0.3 is 5.97 Å². The van der Waals surface area contributed by atoms with Crippen molar-refractivity contribution in [1.29, 1.82) is 0 Å². The number of rotatable bonds is 4. The number of carbonyl (C=O) groups is 1. The lowest BCUT2D eigenvalue weighted by Gasteiger charge is -2.10. The molecule has 102 valence electrons. The van der Waals surface area contributed by atoms with Gasteiger partial charge < -0.3 is 9.84 Å². The van der Waals surface area contributed by atoms with E-state index in [0.29, 0.717) is 12.5 Å². The lowest BCUT2D eigenvalue weighted by atomic mass is 10.1. The Labute approximate surface area is 115 Å². The molecule has 0 aliphatic heterocycles. The minimum Gasteiger partial charge on any atom is -0.490 e. The van der Waals surface area contributed by atoms with E-state index in [-0.39, 0.29) is 10.8 Å². The van der Waals surface area contributed by atoms with Gasteiger partial charge in [0.25, 0.3) is 0 Å². The molecule has 2 atom stereocenters. The molecule has 1 aromatic carbocycles. The molecule has 3 rings (SSSR count). The number of hydrogen-bond donors (Lipinski definition) is 1. The van der Waals surface area contributed by atoms with E-state index in [1.165, 1.54) is 25.3 Å². The molecule has 5 heteroatoms. The topological polar surface area (TPSA) is 46.5 Å². The third-order valence-corrected chi connectivity index (χ3v) is 4.47. The number of aromatic carboxylic acids is 1. The molecule has 0 radical (unpaired) electrons. The normalized spacial score (nSPS) is 28.0. The Kier molecular flexibility index (Phi) is 3.13. The number of hydrogen-bond acceptors (Lipinski definition) is 2. The predicted octanol–water partition coefficient (Wildman–Crippen LogP) is 3.60. The summed E-state index contributed by atoms with van der Waals surface area (Å²) in [5, 5.41) is 9.05. The molecule has 1 N–H and O–H groups in total. The third kappa shape index (κ3) is 2.29. The highest BCUT2D eigenvalue weighted by Crippen LogP contribution is 2.57. The summed E-state index contributed by atoms with van der Waals surface area (Å²) in [7, 11) is 0. The van der Waals surface area contributed by atoms with Gasteiger partial charge in [0, 0.05) is 11.1 Å². The van der Waals surface area contributed by atoms with Crippen LogP contribution in [0.4, 0.5) is 4.39 Å². The van der Waals surface area contributed by atoms with E-state index in [0.717, 1.165) is 17.9 Å². The molecule has 2 fully saturated rings. The highest BCUT2D eigenvalue weighted by molar-refractivity contribution is 6.31. The average Bonchev–Trinajstić information content (AvgIpc) is 2.81. The zero-order valence-corrected chi connectivity index (χ0v) is 11.0. The zero-order chi connectivity index (χ0) is 13.6. The summed E-state index contributed by atoms with van der Waals surface area (Å²) in [5.41, 5.74) is -0.446. The number of fused-ring (bicyclic) bond motifs is 1. The van der Waals surface area contributed by atoms with Crippen molar-refractivity contribution in [3.8, 4) is 5.75 Å². The predicted molar refractivity (Wildman–Crippen MR) is 68.2 cm³/mol. The fourth-order valence-electron chi connectivity index (χ4n) is 3.23. The Hall–Kier alpha value is -1.29. The number of benzene rings is 1. The Morgan fingerprint density at radius 2 is 2.11 bits per heavy atom. The molecule has 1 aromatic rings. The fourth-order valence-corrected chi connectivity index (χ4v) is 3.44. The van der Waals surface area contributed by atoms with Crippen LogP contribution in [0.25, 0.3) is 0 Å². The minimum atomic E-state index is -1.34. The van der Waals surface area contributed by atoms with Crippen LogP contribution in [0.2, 0.25) is 5.02 Å². The Morgan fingerprint density at radius 1 is 1.42 bits per heavy atom. The van der Waals surface area contributed by atoms with Crippen LogP contribution in [0, 0.1) is 23.6 Å². The summed E-state index contributed by atoms with van der Waals surface area (Å²) >= 11 is 5.78. The maximum atomic E-state index is 13.9. The van der Waals surface area contributed by atoms with E-state index in [1.807, 2.05) is 0 Å². The van der Waals surface area contributed by atoms with Gasteiger partial charge in [-0.15, -0.1) is 0 Å². The standard InChI is InChI=1S/C14H14ClFO3/c15-7-4-10(14(17)18)13(16)12(5-7)19-6-11-8-2-1-3-9(8)11/h4-5,8-9,11H,1-3,6H2,(H,17,18). The van der Waals surface area contributed by atoms with Gasteiger partial charge in [-0.2, -0.15) is 0 Å². The molecule has 2 aliphatic rings. The van der Waals surface area contributed by atoms with Crippen LogP contribution in [0.3, 0.4) is 0 Å². The molecular weight excluding hydrogens is 271 g/mol. The van der Waals surface area contributed by atoms with Gasteiger partial charge in [-0.25, -0.2) is 9.18 Å². The molecule has 0 amide bonds. The Balaban J connectivity index is 1.72. The lowest BCUT2D eigenvalue weighted by Crippen LogP contribution is -2.08. The van der Waals surface area contributed by atoms with Crippen LogP contribution in [0.15, 0.2) is 12.1 Å². The highest BCUT2D eigenvalue weighted by atomic mass is 35.5. The quantitative estimate of drug-likeness (QED) is 0.919. The molecule has 0 aromatic heterocycles. The number of ether oxygens (including phenoxy) is 1. The zero-order valence-electron chi connectivity index (χ0n) is 10.2. The van der Waals surface area contributed by atoms with Gasteiger partial charge in [-0.05, 0) is 36.7 Å². The molecular formula is C14H14ClFO3. The second-order valence-electron chi connectivity index (χ2n) is 5.30. The number of carboxylic acids is 1. The molecule has 3 nitrogen and oxygen atoms in total. The van der Waals surface area contributed by atoms with Gasteiger partial charge in [-0.1, -0.05) is 18.0 Å². The van der Waals surface area contributed by atoms with Crippen LogP contribution in [0.5, 0.6) is 5.75 Å². The summed E-state index contributed by atoms with van der Waals surface area (Å²) in [6.45, 7) is 0.450. The molecule has 2 unspecified atom stereocenters. The second kappa shape index (κ2) is 4.67. The molecule has 0 bridgehead atoms. The molecule has 2 saturated carbocycles. The van der Waals surface area contributed by atoms with Gasteiger partial charge in [0.05, 0.1) is 6.61 Å². The fraction of sp³-hybridized carbons (Fsp3) is 0.500. The van der Waals surface area contributed by atoms with Crippen molar-refractivity contribution in [3.63, 3.8) is 0 Å². The first-order valence-corrected chi connectivity index (χ1v) is 6.81. The van der Waals surface area contributed by atoms with Crippen LogP contribution in [0.1, 0.15) is 29.6 Å². The van der Waals surface area contributed by atoms with Crippen LogP contribution in [-0.2, 0) is 0 Å². The summed E-state index contributed by atoms with van der Waals surface area (Å²) in [6, 6.07) is 2.43. The first-order chi connectivity index (χ1) is 9.08. The van der Waals surface area contributed by atoms with Gasteiger partial charge in [0.2, 0.25) is 0 Å². The third-order valence-electron chi connectivity index (χ3n) is 4.25. The lowest BCUT2D eigenvalue weighted by molar-refractivity contribution is 0.0690. The molecule has 0 saturated heterocycles. The Morgan fingerprint density at radius 3 is 2.74 bits per heavy atom. The molecule has 19 heavy (non-hydrogen) atoms. The summed E-state index contributed by atoms with van der Waals surface area (Å²) in [6.07, 6.45) is 3.74. The summed E-state index contributed by atoms with van der Waals surface area (Å²) < 4.78 is 19.3. The SMILES string of the molecule is O=C(O)c1cc(Cl)cc(OCC2C3CCCC32)c1F. The monoisotopic (exact) mass is 284 g/mol. The molecule has 0 heterocycles. The van der Waals surface area contributed by atoms with Crippen molar-refractivity contribution in [1.82, 2.24) is 0 Å². The minimum absolute atomic E-state index is 0.0603. The van der Waals surface area contributed by atoms with E-state index >= 15 is 0 Å². The van der Waals surface area contributed by atoms with Gasteiger partial charge in [0.15, 0.2) is 11.6 Å². The maximum Gasteiger partial charge on any atom is 0.338 e. The van der Waals surface area contributed by atoms with Crippen molar-refractivity contribution < 1.29 is 19.0 Å². The Bertz CT molecular complexity index is 522. The maximum absolute atomic E-state index is 13.9. The summed E-state index contributed by atoms with van der Waals surface area (Å²) in [5.74, 6) is -0.298. The van der Waals surface area contributed by atoms with E-state index < -0.39 is 17.3 Å². The van der Waals surface area contributed by atoms with E-state index in [2.05, 4.69) is 0 Å². The molecule has 2 aliphatic carbocycles. The molecule has 0 spiro atoms. The van der Waals surface area contributed by atoms with Crippen LogP contribution in [-0.4, -0.2) is 17.7 Å². The van der Waals surface area contributed by atoms with Gasteiger partial charge in [-0.3, -0.25) is 0 Å². The first kappa shape index (κ1) is 12.7. The van der Waals surface area contributed by atoms with E-state index in [1.54, 1.807) is 0 Å².